The van der Waals surface area contributed by atoms with E-state index in [1.54, 1.807) is 7.05 Å². The molecule has 1 heterocycles. The van der Waals surface area contributed by atoms with Gasteiger partial charge in [-0.15, -0.1) is 0 Å². The van der Waals surface area contributed by atoms with Crippen molar-refractivity contribution < 1.29 is 4.79 Å². The lowest BCUT2D eigenvalue weighted by Gasteiger charge is -2.18. The smallest absolute Gasteiger partial charge is 0.223 e. The third kappa shape index (κ3) is 7.06. The molecular formula is C21H34N4O. The van der Waals surface area contributed by atoms with Crippen LogP contribution in [-0.4, -0.2) is 50.0 Å². The van der Waals surface area contributed by atoms with Crippen molar-refractivity contribution in [2.24, 2.45) is 16.8 Å². The lowest BCUT2D eigenvalue weighted by atomic mass is 10.1. The van der Waals surface area contributed by atoms with Crippen LogP contribution in [0.15, 0.2) is 35.3 Å². The zero-order valence-corrected chi connectivity index (χ0v) is 16.5. The topological polar surface area (TPSA) is 56.7 Å². The molecule has 0 spiro atoms. The summed E-state index contributed by atoms with van der Waals surface area (Å²) in [4.78, 5) is 18.5. The van der Waals surface area contributed by atoms with Crippen molar-refractivity contribution in [2.45, 2.75) is 39.5 Å². The van der Waals surface area contributed by atoms with Gasteiger partial charge in [0.05, 0.1) is 0 Å². The molecule has 1 aliphatic rings. The highest BCUT2D eigenvalue weighted by atomic mass is 16.2. The normalized spacial score (nSPS) is 17.8. The first-order chi connectivity index (χ1) is 12.6. The minimum Gasteiger partial charge on any atom is -0.356 e. The minimum absolute atomic E-state index is 0.271. The Balaban J connectivity index is 1.67. The highest BCUT2D eigenvalue weighted by molar-refractivity contribution is 5.80. The number of hydrogen-bond acceptors (Lipinski definition) is 2. The molecule has 5 heteroatoms. The van der Waals surface area contributed by atoms with E-state index in [-0.39, 0.29) is 5.91 Å². The van der Waals surface area contributed by atoms with E-state index in [0.717, 1.165) is 50.9 Å². The highest BCUT2D eigenvalue weighted by Crippen LogP contribution is 2.17. The lowest BCUT2D eigenvalue weighted by Crippen LogP contribution is -2.40. The maximum absolute atomic E-state index is 12.2. The standard InChI is InChI=1S/C21H34N4O/c1-17(2)8-7-12-23-21(22-3)24-15-19-14-20(26)25(16-19)13-11-18-9-5-4-6-10-18/h4-6,9-10,17,19H,7-8,11-16H2,1-3H3,(H2,22,23,24). The van der Waals surface area contributed by atoms with Crippen LogP contribution in [0.3, 0.4) is 0 Å². The van der Waals surface area contributed by atoms with Gasteiger partial charge in [0.25, 0.3) is 0 Å². The van der Waals surface area contributed by atoms with Crippen molar-refractivity contribution in [3.63, 3.8) is 0 Å². The molecule has 1 saturated heterocycles. The number of nitrogens with zero attached hydrogens (tertiary/aromatic N) is 2. The highest BCUT2D eigenvalue weighted by Gasteiger charge is 2.29. The van der Waals surface area contributed by atoms with E-state index in [4.69, 9.17) is 0 Å². The molecule has 0 bridgehead atoms. The molecule has 0 aromatic heterocycles. The first-order valence-electron chi connectivity index (χ1n) is 9.84. The summed E-state index contributed by atoms with van der Waals surface area (Å²) in [6.07, 6.45) is 3.92. The second-order valence-corrected chi connectivity index (χ2v) is 7.56. The number of carbonyl (C=O) groups is 1. The largest absolute Gasteiger partial charge is 0.356 e. The first kappa shape index (κ1) is 20.3. The van der Waals surface area contributed by atoms with Crippen molar-refractivity contribution in [3.8, 4) is 0 Å². The zero-order valence-electron chi connectivity index (χ0n) is 16.5. The van der Waals surface area contributed by atoms with E-state index < -0.39 is 0 Å². The number of guanidine groups is 1. The molecule has 1 aliphatic heterocycles. The molecule has 1 fully saturated rings. The van der Waals surface area contributed by atoms with Crippen molar-refractivity contribution in [2.75, 3.05) is 33.2 Å². The van der Waals surface area contributed by atoms with Crippen molar-refractivity contribution >= 4 is 11.9 Å². The molecule has 2 rings (SSSR count). The van der Waals surface area contributed by atoms with Crippen LogP contribution in [0.1, 0.15) is 38.7 Å². The van der Waals surface area contributed by atoms with Crippen LogP contribution in [0.2, 0.25) is 0 Å². The Morgan fingerprint density at radius 3 is 2.73 bits per heavy atom. The van der Waals surface area contributed by atoms with E-state index in [2.05, 4.69) is 41.6 Å². The molecule has 0 aliphatic carbocycles. The molecule has 5 nitrogen and oxygen atoms in total. The van der Waals surface area contributed by atoms with Gasteiger partial charge >= 0.3 is 0 Å². The van der Waals surface area contributed by atoms with Gasteiger partial charge in [-0.1, -0.05) is 44.2 Å². The fourth-order valence-corrected chi connectivity index (χ4v) is 3.29. The summed E-state index contributed by atoms with van der Waals surface area (Å²) in [7, 11) is 1.80. The van der Waals surface area contributed by atoms with E-state index in [0.29, 0.717) is 12.3 Å². The minimum atomic E-state index is 0.271. The molecule has 1 aromatic rings. The van der Waals surface area contributed by atoms with Crippen LogP contribution in [-0.2, 0) is 11.2 Å². The number of likely N-dealkylation sites (tertiary alicyclic amines) is 1. The van der Waals surface area contributed by atoms with Crippen LogP contribution < -0.4 is 10.6 Å². The fraction of sp³-hybridized carbons (Fsp3) is 0.619. The summed E-state index contributed by atoms with van der Waals surface area (Å²) < 4.78 is 0. The molecule has 144 valence electrons. The number of amides is 1. The third-order valence-corrected chi connectivity index (χ3v) is 4.84. The predicted molar refractivity (Wildman–Crippen MR) is 108 cm³/mol. The van der Waals surface area contributed by atoms with Gasteiger partial charge in [-0.25, -0.2) is 0 Å². The average Bonchev–Trinajstić information content (AvgIpc) is 3.00. The number of aliphatic imine (C=N–C) groups is 1. The maximum Gasteiger partial charge on any atom is 0.223 e. The van der Waals surface area contributed by atoms with E-state index in [9.17, 15) is 4.79 Å². The molecule has 1 atom stereocenters. The number of nitrogens with one attached hydrogen (secondary N) is 2. The van der Waals surface area contributed by atoms with Gasteiger partial charge in [0, 0.05) is 45.6 Å². The number of hydrogen-bond donors (Lipinski definition) is 2. The number of carbonyl (C=O) groups excluding carboxylic acids is 1. The van der Waals surface area contributed by atoms with Crippen LogP contribution in [0.4, 0.5) is 0 Å². The number of benzene rings is 1. The van der Waals surface area contributed by atoms with Gasteiger partial charge in [0.2, 0.25) is 5.91 Å². The summed E-state index contributed by atoms with van der Waals surface area (Å²) >= 11 is 0. The van der Waals surface area contributed by atoms with Crippen molar-refractivity contribution in [1.82, 2.24) is 15.5 Å². The first-order valence-corrected chi connectivity index (χ1v) is 9.84. The summed E-state index contributed by atoms with van der Waals surface area (Å²) in [6, 6.07) is 10.4. The van der Waals surface area contributed by atoms with Crippen molar-refractivity contribution in [3.05, 3.63) is 35.9 Å². The van der Waals surface area contributed by atoms with E-state index >= 15 is 0 Å². The summed E-state index contributed by atoms with van der Waals surface area (Å²) in [5.41, 5.74) is 1.29. The Morgan fingerprint density at radius 2 is 2.04 bits per heavy atom. The van der Waals surface area contributed by atoms with Gasteiger partial charge in [-0.2, -0.15) is 0 Å². The second-order valence-electron chi connectivity index (χ2n) is 7.56. The molecule has 1 amide bonds. The molecule has 1 aromatic carbocycles. The Kier molecular flexibility index (Phi) is 8.45. The predicted octanol–water partition coefficient (Wildman–Crippen LogP) is 2.68. The molecule has 0 radical (unpaired) electrons. The van der Waals surface area contributed by atoms with Crippen LogP contribution in [0.25, 0.3) is 0 Å². The Bertz CT molecular complexity index is 571. The third-order valence-electron chi connectivity index (χ3n) is 4.84. The lowest BCUT2D eigenvalue weighted by molar-refractivity contribution is -0.127. The molecule has 0 saturated carbocycles. The Morgan fingerprint density at radius 1 is 1.27 bits per heavy atom. The van der Waals surface area contributed by atoms with Gasteiger partial charge in [0.1, 0.15) is 0 Å². The average molecular weight is 359 g/mol. The Labute approximate surface area is 158 Å². The quantitative estimate of drug-likeness (QED) is 0.405. The second kappa shape index (κ2) is 10.8. The van der Waals surface area contributed by atoms with Crippen LogP contribution >= 0.6 is 0 Å². The Hall–Kier alpha value is -2.04. The van der Waals surface area contributed by atoms with Crippen molar-refractivity contribution in [1.29, 1.82) is 0 Å². The zero-order chi connectivity index (χ0) is 18.8. The summed E-state index contributed by atoms with van der Waals surface area (Å²) in [5.74, 6) is 2.20. The van der Waals surface area contributed by atoms with Gasteiger partial charge in [-0.05, 0) is 30.7 Å². The van der Waals surface area contributed by atoms with Gasteiger partial charge < -0.3 is 15.5 Å². The monoisotopic (exact) mass is 358 g/mol. The molecule has 26 heavy (non-hydrogen) atoms. The molecule has 1 unspecified atom stereocenters. The summed E-state index contributed by atoms with van der Waals surface area (Å²) in [6.45, 7) is 7.86. The van der Waals surface area contributed by atoms with Crippen LogP contribution in [0.5, 0.6) is 0 Å². The van der Waals surface area contributed by atoms with Crippen LogP contribution in [0, 0.1) is 11.8 Å². The SMILES string of the molecule is CN=C(NCCCC(C)C)NCC1CC(=O)N(CCc2ccccc2)C1. The summed E-state index contributed by atoms with van der Waals surface area (Å²) in [5, 5.41) is 6.73. The number of rotatable bonds is 9. The molecular weight excluding hydrogens is 324 g/mol. The molecule has 2 N–H and O–H groups in total. The van der Waals surface area contributed by atoms with E-state index in [1.807, 2.05) is 23.1 Å². The fourth-order valence-electron chi connectivity index (χ4n) is 3.29. The van der Waals surface area contributed by atoms with Gasteiger partial charge in [0.15, 0.2) is 5.96 Å². The van der Waals surface area contributed by atoms with Gasteiger partial charge in [-0.3, -0.25) is 9.79 Å². The van der Waals surface area contributed by atoms with E-state index in [1.165, 1.54) is 12.0 Å². The maximum atomic E-state index is 12.2.